The van der Waals surface area contributed by atoms with Crippen molar-refractivity contribution in [2.24, 2.45) is 4.99 Å². The SMILES string of the molecule is C=C/C=C(\C=NC)c1ccc(-n2c3c(c4ccccc42)-c2ccccc2-c2c(c4ccccc4n2-c2ccc(-c4cccnc4)cc2)-c2ccccc2-3)cc1. The lowest BCUT2D eigenvalue weighted by molar-refractivity contribution is 1.13. The fourth-order valence-electron chi connectivity index (χ4n) is 8.51. The molecule has 0 radical (unpaired) electrons. The monoisotopic (exact) mass is 704 g/mol. The van der Waals surface area contributed by atoms with E-state index in [1.54, 1.807) is 7.05 Å². The summed E-state index contributed by atoms with van der Waals surface area (Å²) in [4.78, 5) is 8.66. The second-order valence-corrected chi connectivity index (χ2v) is 13.8. The number of fused-ring (bicyclic) bond motifs is 12. The first-order chi connectivity index (χ1) is 27.2. The van der Waals surface area contributed by atoms with Gasteiger partial charge < -0.3 is 9.13 Å². The molecule has 0 fully saturated rings. The van der Waals surface area contributed by atoms with Gasteiger partial charge in [-0.2, -0.15) is 0 Å². The van der Waals surface area contributed by atoms with Crippen molar-refractivity contribution in [2.75, 3.05) is 7.05 Å². The van der Waals surface area contributed by atoms with Crippen LogP contribution < -0.4 is 0 Å². The van der Waals surface area contributed by atoms with Gasteiger partial charge in [0.05, 0.1) is 22.4 Å². The molecule has 4 nitrogen and oxygen atoms in total. The molecule has 1 aliphatic rings. The minimum Gasteiger partial charge on any atom is -0.309 e. The summed E-state index contributed by atoms with van der Waals surface area (Å²) in [5.74, 6) is 0. The molecule has 0 saturated heterocycles. The summed E-state index contributed by atoms with van der Waals surface area (Å²) in [6, 6.07) is 57.4. The maximum atomic E-state index is 4.37. The molecule has 1 aliphatic carbocycles. The Hall–Kier alpha value is -7.30. The second kappa shape index (κ2) is 13.3. The van der Waals surface area contributed by atoms with Crippen LogP contribution in [0.2, 0.25) is 0 Å². The van der Waals surface area contributed by atoms with Gasteiger partial charge in [0.1, 0.15) is 0 Å². The highest BCUT2D eigenvalue weighted by atomic mass is 15.0. The van der Waals surface area contributed by atoms with Gasteiger partial charge in [-0.05, 0) is 75.9 Å². The Morgan fingerprint density at radius 3 is 1.56 bits per heavy atom. The van der Waals surface area contributed by atoms with Crippen LogP contribution in [-0.2, 0) is 0 Å². The van der Waals surface area contributed by atoms with Crippen molar-refractivity contribution < 1.29 is 0 Å². The van der Waals surface area contributed by atoms with Crippen LogP contribution in [0.1, 0.15) is 5.56 Å². The summed E-state index contributed by atoms with van der Waals surface area (Å²) >= 11 is 0. The molecule has 10 rings (SSSR count). The summed E-state index contributed by atoms with van der Waals surface area (Å²) in [5, 5.41) is 2.42. The molecular formula is C51H36N4. The van der Waals surface area contributed by atoms with Gasteiger partial charge in [0.15, 0.2) is 0 Å². The molecule has 0 N–H and O–H groups in total. The van der Waals surface area contributed by atoms with Crippen molar-refractivity contribution in [3.63, 3.8) is 0 Å². The van der Waals surface area contributed by atoms with Gasteiger partial charge in [-0.3, -0.25) is 9.98 Å². The molecule has 9 aromatic rings. The molecular weight excluding hydrogens is 669 g/mol. The van der Waals surface area contributed by atoms with Gasteiger partial charge in [-0.15, -0.1) is 0 Å². The molecule has 260 valence electrons. The van der Waals surface area contributed by atoms with Crippen LogP contribution in [0.25, 0.3) is 94.6 Å². The van der Waals surface area contributed by atoms with E-state index in [2.05, 4.69) is 177 Å². The minimum absolute atomic E-state index is 1.02. The van der Waals surface area contributed by atoms with Gasteiger partial charge in [-0.1, -0.05) is 134 Å². The summed E-state index contributed by atoms with van der Waals surface area (Å²) < 4.78 is 4.92. The summed E-state index contributed by atoms with van der Waals surface area (Å²) in [6.07, 6.45) is 9.43. The Kier molecular flexibility index (Phi) is 7.81. The third-order valence-corrected chi connectivity index (χ3v) is 10.8. The first-order valence-corrected chi connectivity index (χ1v) is 18.6. The second-order valence-electron chi connectivity index (χ2n) is 13.8. The highest BCUT2D eigenvalue weighted by Crippen LogP contribution is 2.54. The summed E-state index contributed by atoms with van der Waals surface area (Å²) in [5.41, 5.74) is 18.5. The number of benzene rings is 6. The van der Waals surface area contributed by atoms with E-state index in [0.29, 0.717) is 0 Å². The highest BCUT2D eigenvalue weighted by Gasteiger charge is 2.31. The molecule has 0 bridgehead atoms. The Balaban J connectivity index is 1.29. The van der Waals surface area contributed by atoms with Gasteiger partial charge in [0.25, 0.3) is 0 Å². The number of pyridine rings is 1. The number of aliphatic imine (C=N–C) groups is 1. The first kappa shape index (κ1) is 32.4. The standard InChI is InChI=1S/C51H36N4/c1-3-13-36(32-52-2)34-23-27-38(28-24-34)54-46-21-10-8-19-44(46)48-41-16-5-7-18-43(41)51-49(40-15-4-6-17-42(40)50(48)54)45-20-9-11-22-47(45)55(51)39-29-25-35(26-30-39)37-14-12-31-53-33-37/h3-33H,1H2,2H3/b36-13+,48-41?,49-40?,50-42?,51-43?,52-32?. The van der Waals surface area contributed by atoms with Crippen molar-refractivity contribution in [2.45, 2.75) is 0 Å². The van der Waals surface area contributed by atoms with E-state index in [9.17, 15) is 0 Å². The number of nitrogens with zero attached hydrogens (tertiary/aromatic N) is 4. The van der Waals surface area contributed by atoms with Crippen LogP contribution in [0.5, 0.6) is 0 Å². The number of aromatic nitrogens is 3. The Bertz CT molecular complexity index is 2970. The Morgan fingerprint density at radius 1 is 0.545 bits per heavy atom. The third-order valence-electron chi connectivity index (χ3n) is 10.8. The lowest BCUT2D eigenvalue weighted by Gasteiger charge is -2.23. The normalized spacial score (nSPS) is 12.2. The van der Waals surface area contributed by atoms with Crippen LogP contribution in [-0.4, -0.2) is 27.4 Å². The largest absolute Gasteiger partial charge is 0.309 e. The van der Waals surface area contributed by atoms with Crippen molar-refractivity contribution in [1.82, 2.24) is 14.1 Å². The molecule has 0 atom stereocenters. The number of hydrogen-bond acceptors (Lipinski definition) is 2. The van der Waals surface area contributed by atoms with Gasteiger partial charge >= 0.3 is 0 Å². The number of allylic oxidation sites excluding steroid dienone is 3. The topological polar surface area (TPSA) is 35.1 Å². The zero-order valence-corrected chi connectivity index (χ0v) is 30.4. The zero-order valence-electron chi connectivity index (χ0n) is 30.4. The van der Waals surface area contributed by atoms with Gasteiger partial charge in [0.2, 0.25) is 0 Å². The van der Waals surface area contributed by atoms with E-state index in [-0.39, 0.29) is 0 Å². The van der Waals surface area contributed by atoms with Crippen LogP contribution >= 0.6 is 0 Å². The molecule has 55 heavy (non-hydrogen) atoms. The highest BCUT2D eigenvalue weighted by molar-refractivity contribution is 6.17. The van der Waals surface area contributed by atoms with Crippen LogP contribution in [0.15, 0.2) is 194 Å². The molecule has 0 aliphatic heterocycles. The number of hydrogen-bond donors (Lipinski definition) is 0. The van der Waals surface area contributed by atoms with E-state index in [0.717, 1.165) is 39.2 Å². The van der Waals surface area contributed by atoms with Crippen LogP contribution in [0.4, 0.5) is 0 Å². The minimum atomic E-state index is 1.02. The van der Waals surface area contributed by atoms with Crippen molar-refractivity contribution in [3.05, 3.63) is 194 Å². The first-order valence-electron chi connectivity index (χ1n) is 18.6. The molecule has 0 saturated carbocycles. The van der Waals surface area contributed by atoms with Crippen LogP contribution in [0.3, 0.4) is 0 Å². The van der Waals surface area contributed by atoms with Gasteiger partial charge in [-0.25, -0.2) is 0 Å². The fourth-order valence-corrected chi connectivity index (χ4v) is 8.51. The predicted octanol–water partition coefficient (Wildman–Crippen LogP) is 12.9. The summed E-state index contributed by atoms with van der Waals surface area (Å²) in [7, 11) is 1.80. The van der Waals surface area contributed by atoms with E-state index < -0.39 is 0 Å². The number of para-hydroxylation sites is 2. The Labute approximate surface area is 320 Å². The van der Waals surface area contributed by atoms with Crippen molar-refractivity contribution in [3.8, 4) is 67.3 Å². The third kappa shape index (κ3) is 5.14. The molecule has 4 heteroatoms. The maximum absolute atomic E-state index is 4.37. The summed E-state index contributed by atoms with van der Waals surface area (Å²) in [6.45, 7) is 3.93. The van der Waals surface area contributed by atoms with E-state index >= 15 is 0 Å². The molecule has 0 unspecified atom stereocenters. The fraction of sp³-hybridized carbons (Fsp3) is 0.0196. The average Bonchev–Trinajstić information content (AvgIpc) is 3.77. The van der Waals surface area contributed by atoms with Gasteiger partial charge in [0, 0.05) is 70.1 Å². The van der Waals surface area contributed by atoms with E-state index in [1.807, 2.05) is 36.8 Å². The van der Waals surface area contributed by atoms with Crippen LogP contribution in [0, 0.1) is 0 Å². The van der Waals surface area contributed by atoms with Crippen molar-refractivity contribution in [1.29, 1.82) is 0 Å². The van der Waals surface area contributed by atoms with Crippen molar-refractivity contribution >= 4 is 33.6 Å². The quantitative estimate of drug-likeness (QED) is 0.125. The molecule has 0 spiro atoms. The number of rotatable bonds is 6. The Morgan fingerprint density at radius 2 is 1.05 bits per heavy atom. The molecule has 3 heterocycles. The molecule has 0 amide bonds. The van der Waals surface area contributed by atoms with E-state index in [1.165, 1.54) is 61.1 Å². The average molecular weight is 705 g/mol. The lowest BCUT2D eigenvalue weighted by Crippen LogP contribution is -2.03. The van der Waals surface area contributed by atoms with E-state index in [4.69, 9.17) is 0 Å². The zero-order chi connectivity index (χ0) is 36.9. The molecule has 6 aromatic carbocycles. The molecule has 3 aromatic heterocycles. The predicted molar refractivity (Wildman–Crippen MR) is 231 cm³/mol. The smallest absolute Gasteiger partial charge is 0.0625 e. The maximum Gasteiger partial charge on any atom is 0.0625 e. The lowest BCUT2D eigenvalue weighted by atomic mass is 9.84.